The first-order chi connectivity index (χ1) is 14.4. The second kappa shape index (κ2) is 8.04. The van der Waals surface area contributed by atoms with Crippen LogP contribution in [0.1, 0.15) is 11.1 Å². The number of hydrogen-bond acceptors (Lipinski definition) is 6. The fourth-order valence-electron chi connectivity index (χ4n) is 3.70. The van der Waals surface area contributed by atoms with Gasteiger partial charge < -0.3 is 15.5 Å². The smallest absolute Gasteiger partial charge is 0.238 e. The Bertz CT molecular complexity index is 1220. The van der Waals surface area contributed by atoms with Crippen molar-refractivity contribution in [2.24, 2.45) is 0 Å². The zero-order valence-electron chi connectivity index (χ0n) is 17.0. The van der Waals surface area contributed by atoms with Gasteiger partial charge in [0.05, 0.1) is 28.4 Å². The van der Waals surface area contributed by atoms with Gasteiger partial charge in [-0.3, -0.25) is 4.79 Å². The molecule has 0 radical (unpaired) electrons. The van der Waals surface area contributed by atoms with Crippen LogP contribution in [0.5, 0.6) is 0 Å². The number of carbonyl (C=O) groups is 1. The van der Waals surface area contributed by atoms with Crippen molar-refractivity contribution in [1.82, 2.24) is 10.3 Å². The Kier molecular flexibility index (Phi) is 5.44. The highest BCUT2D eigenvalue weighted by molar-refractivity contribution is 7.91. The number of anilines is 2. The van der Waals surface area contributed by atoms with Gasteiger partial charge in [0.2, 0.25) is 5.91 Å². The van der Waals surface area contributed by atoms with Gasteiger partial charge in [0.15, 0.2) is 9.84 Å². The maximum Gasteiger partial charge on any atom is 0.238 e. The molecule has 0 saturated carbocycles. The monoisotopic (exact) mass is 424 g/mol. The van der Waals surface area contributed by atoms with Crippen LogP contribution in [-0.2, 0) is 21.2 Å². The summed E-state index contributed by atoms with van der Waals surface area (Å²) < 4.78 is 25.4. The van der Waals surface area contributed by atoms with Crippen molar-refractivity contribution in [1.29, 1.82) is 0 Å². The number of carbonyl (C=O) groups excluding carboxylic acids is 1. The number of nitrogens with one attached hydrogen (secondary N) is 2. The molecule has 0 saturated heterocycles. The molecule has 3 aromatic rings. The van der Waals surface area contributed by atoms with Crippen LogP contribution in [0.3, 0.4) is 0 Å². The van der Waals surface area contributed by atoms with Crippen molar-refractivity contribution in [2.75, 3.05) is 36.1 Å². The number of aromatic nitrogens is 1. The van der Waals surface area contributed by atoms with Gasteiger partial charge in [0.1, 0.15) is 5.82 Å². The molecule has 2 heterocycles. The van der Waals surface area contributed by atoms with Crippen molar-refractivity contribution in [3.8, 4) is 0 Å². The van der Waals surface area contributed by atoms with Crippen molar-refractivity contribution in [2.45, 2.75) is 18.4 Å². The van der Waals surface area contributed by atoms with Gasteiger partial charge in [-0.05, 0) is 37.7 Å². The predicted octanol–water partition coefficient (Wildman–Crippen LogP) is 2.50. The predicted molar refractivity (Wildman–Crippen MR) is 119 cm³/mol. The average Bonchev–Trinajstić information content (AvgIpc) is 2.85. The van der Waals surface area contributed by atoms with Gasteiger partial charge in [-0.15, -0.1) is 0 Å². The molecule has 1 aliphatic rings. The first-order valence-electron chi connectivity index (χ1n) is 9.79. The van der Waals surface area contributed by atoms with Crippen LogP contribution in [0.2, 0.25) is 0 Å². The highest BCUT2D eigenvalue weighted by atomic mass is 32.2. The number of nitrogens with zero attached hydrogens (tertiary/aromatic N) is 2. The van der Waals surface area contributed by atoms with Crippen LogP contribution in [-0.4, -0.2) is 45.2 Å². The van der Waals surface area contributed by atoms with Crippen molar-refractivity contribution in [3.05, 3.63) is 59.7 Å². The molecule has 156 valence electrons. The van der Waals surface area contributed by atoms with E-state index in [9.17, 15) is 13.2 Å². The number of amides is 1. The lowest BCUT2D eigenvalue weighted by Crippen LogP contribution is -2.27. The number of fused-ring (bicyclic) bond motifs is 2. The molecule has 2 aromatic carbocycles. The Morgan fingerprint density at radius 3 is 2.77 bits per heavy atom. The normalized spacial score (nSPS) is 15.5. The minimum atomic E-state index is -3.35. The van der Waals surface area contributed by atoms with Crippen LogP contribution >= 0.6 is 0 Å². The molecule has 0 spiro atoms. The molecular weight excluding hydrogens is 400 g/mol. The summed E-state index contributed by atoms with van der Waals surface area (Å²) in [7, 11) is -1.63. The molecule has 0 fully saturated rings. The van der Waals surface area contributed by atoms with E-state index in [1.54, 1.807) is 19.2 Å². The molecule has 2 N–H and O–H groups in total. The Labute approximate surface area is 176 Å². The van der Waals surface area contributed by atoms with Gasteiger partial charge in [-0.2, -0.15) is 0 Å². The third-order valence-electron chi connectivity index (χ3n) is 5.18. The highest BCUT2D eigenvalue weighted by Gasteiger charge is 2.26. The zero-order chi connectivity index (χ0) is 21.3. The number of benzene rings is 2. The molecule has 7 nitrogen and oxygen atoms in total. The molecule has 0 bridgehead atoms. The summed E-state index contributed by atoms with van der Waals surface area (Å²) in [5.74, 6) is 0.498. The topological polar surface area (TPSA) is 91.4 Å². The summed E-state index contributed by atoms with van der Waals surface area (Å²) in [5.41, 5.74) is 3.23. The molecule has 4 rings (SSSR count). The summed E-state index contributed by atoms with van der Waals surface area (Å²) in [6, 6.07) is 14.8. The fraction of sp³-hybridized carbons (Fsp3) is 0.273. The fourth-order valence-corrected chi connectivity index (χ4v) is 5.20. The van der Waals surface area contributed by atoms with Crippen LogP contribution in [0.4, 0.5) is 11.5 Å². The third kappa shape index (κ3) is 4.01. The quantitative estimate of drug-likeness (QED) is 0.669. The summed E-state index contributed by atoms with van der Waals surface area (Å²) in [4.78, 5) is 19.4. The minimum Gasteiger partial charge on any atom is -0.351 e. The minimum absolute atomic E-state index is 0.0130. The van der Waals surface area contributed by atoms with Crippen LogP contribution < -0.4 is 15.5 Å². The van der Waals surface area contributed by atoms with E-state index >= 15 is 0 Å². The standard InChI is InChI=1S/C22H24N4O3S/c1-15-7-8-18-17(11-15)19(25-22(27)13-23-2)12-21(24-18)26-9-10-30(28,29)20-6-4-3-5-16(20)14-26/h3-8,11-12,23H,9-10,13-14H2,1-2H3,(H,24,25,27). The second-order valence-electron chi connectivity index (χ2n) is 7.48. The van der Waals surface area contributed by atoms with Gasteiger partial charge in [0, 0.05) is 24.5 Å². The van der Waals surface area contributed by atoms with Crippen molar-refractivity contribution < 1.29 is 13.2 Å². The Balaban J connectivity index is 1.79. The summed E-state index contributed by atoms with van der Waals surface area (Å²) in [5, 5.41) is 6.66. The van der Waals surface area contributed by atoms with Gasteiger partial charge >= 0.3 is 0 Å². The van der Waals surface area contributed by atoms with E-state index in [-0.39, 0.29) is 18.2 Å². The number of likely N-dealkylation sites (N-methyl/N-ethyl adjacent to an activating group) is 1. The number of hydrogen-bond donors (Lipinski definition) is 2. The first kappa shape index (κ1) is 20.3. The van der Waals surface area contributed by atoms with Gasteiger partial charge in [-0.25, -0.2) is 13.4 Å². The molecule has 1 amide bonds. The zero-order valence-corrected chi connectivity index (χ0v) is 17.8. The summed E-state index contributed by atoms with van der Waals surface area (Å²) in [6.07, 6.45) is 0. The highest BCUT2D eigenvalue weighted by Crippen LogP contribution is 2.31. The average molecular weight is 425 g/mol. The van der Waals surface area contributed by atoms with E-state index in [4.69, 9.17) is 4.98 Å². The Morgan fingerprint density at radius 1 is 1.17 bits per heavy atom. The van der Waals surface area contributed by atoms with E-state index < -0.39 is 9.84 Å². The molecule has 0 unspecified atom stereocenters. The van der Waals surface area contributed by atoms with E-state index in [0.717, 1.165) is 22.0 Å². The van der Waals surface area contributed by atoms with E-state index in [0.29, 0.717) is 29.5 Å². The first-order valence-corrected chi connectivity index (χ1v) is 11.4. The number of rotatable bonds is 4. The molecule has 8 heteroatoms. The molecule has 0 aliphatic carbocycles. The van der Waals surface area contributed by atoms with Crippen molar-refractivity contribution in [3.63, 3.8) is 0 Å². The van der Waals surface area contributed by atoms with Crippen LogP contribution in [0.25, 0.3) is 10.9 Å². The lowest BCUT2D eigenvalue weighted by atomic mass is 10.1. The molecule has 1 aliphatic heterocycles. The largest absolute Gasteiger partial charge is 0.351 e. The maximum absolute atomic E-state index is 12.7. The van der Waals surface area contributed by atoms with Gasteiger partial charge in [0.25, 0.3) is 0 Å². The van der Waals surface area contributed by atoms with Crippen LogP contribution in [0.15, 0.2) is 53.4 Å². The van der Waals surface area contributed by atoms with E-state index in [1.807, 2.05) is 48.2 Å². The lowest BCUT2D eigenvalue weighted by molar-refractivity contribution is -0.115. The van der Waals surface area contributed by atoms with Crippen LogP contribution in [0, 0.1) is 6.92 Å². The van der Waals surface area contributed by atoms with Crippen molar-refractivity contribution >= 4 is 38.2 Å². The third-order valence-corrected chi connectivity index (χ3v) is 6.97. The molecule has 30 heavy (non-hydrogen) atoms. The molecule has 1 aromatic heterocycles. The Morgan fingerprint density at radius 2 is 1.97 bits per heavy atom. The Hall–Kier alpha value is -2.97. The maximum atomic E-state index is 12.7. The number of aryl methyl sites for hydroxylation is 1. The number of sulfone groups is 1. The van der Waals surface area contributed by atoms with Gasteiger partial charge in [-0.1, -0.05) is 29.8 Å². The second-order valence-corrected chi connectivity index (χ2v) is 9.55. The molecule has 0 atom stereocenters. The SMILES string of the molecule is CNCC(=O)Nc1cc(N2CCS(=O)(=O)c3ccccc3C2)nc2ccc(C)cc12. The number of pyridine rings is 1. The molecular formula is C22H24N4O3S. The summed E-state index contributed by atoms with van der Waals surface area (Å²) >= 11 is 0. The van der Waals surface area contributed by atoms with E-state index in [2.05, 4.69) is 10.6 Å². The summed E-state index contributed by atoms with van der Waals surface area (Å²) in [6.45, 7) is 2.94. The lowest BCUT2D eigenvalue weighted by Gasteiger charge is -2.23. The van der Waals surface area contributed by atoms with E-state index in [1.165, 1.54) is 0 Å².